The van der Waals surface area contributed by atoms with E-state index in [4.69, 9.17) is 22.1 Å². The number of anilines is 3. The van der Waals surface area contributed by atoms with Gasteiger partial charge in [-0.2, -0.15) is 0 Å². The predicted molar refractivity (Wildman–Crippen MR) is 90.3 cm³/mol. The highest BCUT2D eigenvalue weighted by atomic mass is 35.5. The fourth-order valence-corrected chi connectivity index (χ4v) is 2.11. The van der Waals surface area contributed by atoms with Crippen LogP contribution in [-0.2, 0) is 11.3 Å². The number of hydrogen-bond acceptors (Lipinski definition) is 4. The van der Waals surface area contributed by atoms with Crippen LogP contribution >= 0.6 is 11.6 Å². The lowest BCUT2D eigenvalue weighted by Gasteiger charge is -2.11. The first-order valence-corrected chi connectivity index (χ1v) is 7.28. The second-order valence-corrected chi connectivity index (χ2v) is 5.07. The number of carbonyl (C=O) groups excluding carboxylic acids is 1. The molecule has 0 atom stereocenters. The van der Waals surface area contributed by atoms with Crippen molar-refractivity contribution in [2.45, 2.75) is 13.5 Å². The second kappa shape index (κ2) is 7.56. The Kier molecular flexibility index (Phi) is 5.49. The zero-order chi connectivity index (χ0) is 15.9. The maximum atomic E-state index is 11.4. The van der Waals surface area contributed by atoms with Crippen LogP contribution in [0.1, 0.15) is 12.5 Å². The summed E-state index contributed by atoms with van der Waals surface area (Å²) in [4.78, 5) is 11.4. The van der Waals surface area contributed by atoms with Gasteiger partial charge in [0.15, 0.2) is 0 Å². The molecule has 0 saturated heterocycles. The van der Waals surface area contributed by atoms with E-state index in [0.717, 1.165) is 11.3 Å². The first kappa shape index (κ1) is 16.0. The van der Waals surface area contributed by atoms with E-state index in [1.807, 2.05) is 30.3 Å². The predicted octanol–water partition coefficient (Wildman–Crippen LogP) is 4.10. The number of carbonyl (C=O) groups is 1. The minimum atomic E-state index is -0.515. The van der Waals surface area contributed by atoms with E-state index in [2.05, 4.69) is 10.6 Å². The Morgan fingerprint density at radius 3 is 2.77 bits per heavy atom. The molecule has 5 nitrogen and oxygen atoms in total. The van der Waals surface area contributed by atoms with Crippen molar-refractivity contribution in [3.05, 3.63) is 53.1 Å². The number of amides is 1. The average Bonchev–Trinajstić information content (AvgIpc) is 2.48. The van der Waals surface area contributed by atoms with Gasteiger partial charge in [-0.05, 0) is 42.8 Å². The third-order valence-electron chi connectivity index (χ3n) is 2.95. The number of nitrogen functional groups attached to an aromatic ring is 1. The number of hydrogen-bond donors (Lipinski definition) is 3. The molecule has 0 radical (unpaired) electrons. The molecular weight excluding hydrogens is 302 g/mol. The van der Waals surface area contributed by atoms with Gasteiger partial charge in [0, 0.05) is 17.3 Å². The molecule has 4 N–H and O–H groups in total. The average molecular weight is 320 g/mol. The summed E-state index contributed by atoms with van der Waals surface area (Å²) in [6.07, 6.45) is -0.515. The van der Waals surface area contributed by atoms with Crippen LogP contribution in [-0.4, -0.2) is 12.7 Å². The molecular formula is C16H18ClN3O2. The van der Waals surface area contributed by atoms with Crippen LogP contribution in [0.5, 0.6) is 0 Å². The van der Waals surface area contributed by atoms with E-state index < -0.39 is 6.09 Å². The van der Waals surface area contributed by atoms with E-state index >= 15 is 0 Å². The van der Waals surface area contributed by atoms with Gasteiger partial charge in [-0.15, -0.1) is 0 Å². The monoisotopic (exact) mass is 319 g/mol. The lowest BCUT2D eigenvalue weighted by atomic mass is 10.1. The van der Waals surface area contributed by atoms with Crippen molar-refractivity contribution in [2.24, 2.45) is 0 Å². The summed E-state index contributed by atoms with van der Waals surface area (Å²) in [5.41, 5.74) is 8.88. The van der Waals surface area contributed by atoms with Gasteiger partial charge >= 0.3 is 6.09 Å². The van der Waals surface area contributed by atoms with Crippen LogP contribution in [0.4, 0.5) is 21.9 Å². The molecule has 2 rings (SSSR count). The zero-order valence-corrected chi connectivity index (χ0v) is 13.0. The number of nitrogens with one attached hydrogen (secondary N) is 2. The highest BCUT2D eigenvalue weighted by Crippen LogP contribution is 2.21. The number of halogens is 1. The van der Waals surface area contributed by atoms with Crippen molar-refractivity contribution in [3.8, 4) is 0 Å². The highest BCUT2D eigenvalue weighted by Gasteiger charge is 2.06. The fraction of sp³-hybridized carbons (Fsp3) is 0.188. The largest absolute Gasteiger partial charge is 0.450 e. The first-order valence-electron chi connectivity index (χ1n) is 6.90. The molecule has 2 aromatic carbocycles. The Balaban J connectivity index is 1.98. The Bertz CT molecular complexity index is 662. The topological polar surface area (TPSA) is 76.4 Å². The van der Waals surface area contributed by atoms with Crippen LogP contribution in [0.2, 0.25) is 5.02 Å². The van der Waals surface area contributed by atoms with E-state index in [9.17, 15) is 4.79 Å². The molecule has 116 valence electrons. The van der Waals surface area contributed by atoms with E-state index in [1.165, 1.54) is 0 Å². The van der Waals surface area contributed by atoms with Crippen LogP contribution in [0.25, 0.3) is 0 Å². The smallest absolute Gasteiger partial charge is 0.411 e. The summed E-state index contributed by atoms with van der Waals surface area (Å²) < 4.78 is 4.82. The van der Waals surface area contributed by atoms with Gasteiger partial charge in [0.1, 0.15) is 0 Å². The molecule has 0 fully saturated rings. The van der Waals surface area contributed by atoms with Crippen LogP contribution in [0, 0.1) is 0 Å². The minimum Gasteiger partial charge on any atom is -0.450 e. The number of rotatable bonds is 5. The van der Waals surface area contributed by atoms with Crippen molar-refractivity contribution in [1.29, 1.82) is 0 Å². The van der Waals surface area contributed by atoms with Crippen molar-refractivity contribution >= 4 is 34.8 Å². The van der Waals surface area contributed by atoms with Gasteiger partial charge in [-0.3, -0.25) is 5.32 Å². The van der Waals surface area contributed by atoms with Crippen molar-refractivity contribution in [2.75, 3.05) is 23.0 Å². The molecule has 0 aliphatic carbocycles. The normalized spacial score (nSPS) is 10.1. The summed E-state index contributed by atoms with van der Waals surface area (Å²) >= 11 is 5.93. The fourth-order valence-electron chi connectivity index (χ4n) is 1.92. The quantitative estimate of drug-likeness (QED) is 0.725. The molecule has 0 saturated carbocycles. The maximum Gasteiger partial charge on any atom is 0.411 e. The van der Waals surface area contributed by atoms with Crippen molar-refractivity contribution in [1.82, 2.24) is 0 Å². The molecule has 0 spiro atoms. The van der Waals surface area contributed by atoms with Gasteiger partial charge < -0.3 is 15.8 Å². The lowest BCUT2D eigenvalue weighted by Crippen LogP contribution is -2.14. The number of benzene rings is 2. The Morgan fingerprint density at radius 2 is 2.09 bits per heavy atom. The molecule has 0 aliphatic heterocycles. The summed E-state index contributed by atoms with van der Waals surface area (Å²) in [6.45, 7) is 2.66. The third-order valence-corrected chi connectivity index (χ3v) is 3.18. The summed E-state index contributed by atoms with van der Waals surface area (Å²) in [5, 5.41) is 6.53. The van der Waals surface area contributed by atoms with Crippen LogP contribution in [0.15, 0.2) is 42.5 Å². The maximum absolute atomic E-state index is 11.4. The van der Waals surface area contributed by atoms with E-state index in [1.54, 1.807) is 19.1 Å². The number of nitrogens with two attached hydrogens (primary N) is 1. The molecule has 0 heterocycles. The minimum absolute atomic E-state index is 0.313. The lowest BCUT2D eigenvalue weighted by molar-refractivity contribution is 0.168. The molecule has 6 heteroatoms. The highest BCUT2D eigenvalue weighted by molar-refractivity contribution is 6.30. The Labute approximate surface area is 134 Å². The SMILES string of the molecule is CCOC(=O)Nc1ccc(CNc2cccc(Cl)c2)cc1N. The summed E-state index contributed by atoms with van der Waals surface area (Å²) in [7, 11) is 0. The summed E-state index contributed by atoms with van der Waals surface area (Å²) in [5.74, 6) is 0. The van der Waals surface area contributed by atoms with Crippen molar-refractivity contribution in [3.63, 3.8) is 0 Å². The zero-order valence-electron chi connectivity index (χ0n) is 12.2. The molecule has 0 unspecified atom stereocenters. The van der Waals surface area contributed by atoms with Crippen molar-refractivity contribution < 1.29 is 9.53 Å². The molecule has 22 heavy (non-hydrogen) atoms. The van der Waals surface area contributed by atoms with Gasteiger partial charge in [0.25, 0.3) is 0 Å². The Morgan fingerprint density at radius 1 is 1.27 bits per heavy atom. The van der Waals surface area contributed by atoms with Crippen LogP contribution < -0.4 is 16.4 Å². The first-order chi connectivity index (χ1) is 10.6. The van der Waals surface area contributed by atoms with Gasteiger partial charge in [-0.25, -0.2) is 4.79 Å². The molecule has 0 aromatic heterocycles. The van der Waals surface area contributed by atoms with Gasteiger partial charge in [-0.1, -0.05) is 23.7 Å². The molecule has 0 bridgehead atoms. The van der Waals surface area contributed by atoms with Gasteiger partial charge in [0.05, 0.1) is 18.0 Å². The second-order valence-electron chi connectivity index (χ2n) is 4.63. The van der Waals surface area contributed by atoms with E-state index in [-0.39, 0.29) is 0 Å². The van der Waals surface area contributed by atoms with E-state index in [0.29, 0.717) is 29.5 Å². The standard InChI is InChI=1S/C16H18ClN3O2/c1-2-22-16(21)20-15-7-6-11(8-14(15)18)10-19-13-5-3-4-12(17)9-13/h3-9,19H,2,10,18H2,1H3,(H,20,21). The van der Waals surface area contributed by atoms with Crippen LogP contribution in [0.3, 0.4) is 0 Å². The van der Waals surface area contributed by atoms with Gasteiger partial charge in [0.2, 0.25) is 0 Å². The third kappa shape index (κ3) is 4.56. The molecule has 1 amide bonds. The molecule has 2 aromatic rings. The molecule has 0 aliphatic rings. The summed E-state index contributed by atoms with van der Waals surface area (Å²) in [6, 6.07) is 12.9. The Hall–Kier alpha value is -2.40. The number of ether oxygens (including phenoxy) is 1.